The van der Waals surface area contributed by atoms with Crippen LogP contribution in [-0.2, 0) is 21.3 Å². The van der Waals surface area contributed by atoms with Crippen molar-refractivity contribution in [2.45, 2.75) is 38.6 Å². The normalized spacial score (nSPS) is 15.5. The standard InChI is InChI=1S/C27H36N4O4S/c1-3-29-17-19-6-4-7-21(14-19)22-15-23-25(18-30-26(23)24(16-22)27(28)32)20-8-10-31(11-9-20)36(33,34)13-5-12-35-2/h4,6-7,14-16,18,20,29-30H,3,5,8-13,17H2,1-2H3,(H2,28,32). The van der Waals surface area contributed by atoms with E-state index in [1.165, 1.54) is 5.56 Å². The highest BCUT2D eigenvalue weighted by Gasteiger charge is 2.30. The van der Waals surface area contributed by atoms with Gasteiger partial charge in [0.15, 0.2) is 0 Å². The molecule has 3 aromatic rings. The highest BCUT2D eigenvalue weighted by molar-refractivity contribution is 7.89. The van der Waals surface area contributed by atoms with Gasteiger partial charge in [-0.3, -0.25) is 4.79 Å². The third kappa shape index (κ3) is 5.81. The van der Waals surface area contributed by atoms with Crippen molar-refractivity contribution in [3.8, 4) is 11.1 Å². The number of carbonyl (C=O) groups is 1. The van der Waals surface area contributed by atoms with Gasteiger partial charge in [0, 0.05) is 44.9 Å². The quantitative estimate of drug-likeness (QED) is 0.340. The Morgan fingerprint density at radius 2 is 1.97 bits per heavy atom. The van der Waals surface area contributed by atoms with E-state index in [0.29, 0.717) is 31.7 Å². The van der Waals surface area contributed by atoms with Gasteiger partial charge in [0.05, 0.1) is 16.8 Å². The Morgan fingerprint density at radius 1 is 1.19 bits per heavy atom. The predicted molar refractivity (Wildman–Crippen MR) is 143 cm³/mol. The summed E-state index contributed by atoms with van der Waals surface area (Å²) in [7, 11) is -1.70. The van der Waals surface area contributed by atoms with Crippen LogP contribution in [0.3, 0.4) is 0 Å². The van der Waals surface area contributed by atoms with Crippen LogP contribution in [-0.4, -0.2) is 62.7 Å². The van der Waals surface area contributed by atoms with E-state index in [9.17, 15) is 13.2 Å². The van der Waals surface area contributed by atoms with Gasteiger partial charge in [-0.15, -0.1) is 0 Å². The number of sulfonamides is 1. The highest BCUT2D eigenvalue weighted by Crippen LogP contribution is 2.37. The summed E-state index contributed by atoms with van der Waals surface area (Å²) in [5.41, 5.74) is 11.2. The maximum absolute atomic E-state index is 12.7. The number of aromatic nitrogens is 1. The van der Waals surface area contributed by atoms with E-state index >= 15 is 0 Å². The fourth-order valence-corrected chi connectivity index (χ4v) is 6.55. The van der Waals surface area contributed by atoms with Gasteiger partial charge >= 0.3 is 0 Å². The molecule has 1 aliphatic rings. The monoisotopic (exact) mass is 512 g/mol. The third-order valence-electron chi connectivity index (χ3n) is 6.96. The number of fused-ring (bicyclic) bond motifs is 1. The molecule has 4 N–H and O–H groups in total. The fourth-order valence-electron chi connectivity index (χ4n) is 5.04. The molecule has 2 aromatic carbocycles. The fraction of sp³-hybridized carbons (Fsp3) is 0.444. The zero-order chi connectivity index (χ0) is 25.7. The second-order valence-electron chi connectivity index (χ2n) is 9.37. The van der Waals surface area contributed by atoms with Crippen molar-refractivity contribution in [3.63, 3.8) is 0 Å². The van der Waals surface area contributed by atoms with Gasteiger partial charge in [0.2, 0.25) is 10.0 Å². The zero-order valence-corrected chi connectivity index (χ0v) is 21.9. The summed E-state index contributed by atoms with van der Waals surface area (Å²) in [6.07, 6.45) is 3.90. The van der Waals surface area contributed by atoms with Crippen molar-refractivity contribution in [1.82, 2.24) is 14.6 Å². The molecule has 0 unspecified atom stereocenters. The average molecular weight is 513 g/mol. The number of carbonyl (C=O) groups excluding carboxylic acids is 1. The van der Waals surface area contributed by atoms with Crippen LogP contribution in [0.4, 0.5) is 0 Å². The van der Waals surface area contributed by atoms with E-state index in [1.54, 1.807) is 11.4 Å². The van der Waals surface area contributed by atoms with Gasteiger partial charge in [0.1, 0.15) is 0 Å². The number of nitrogens with one attached hydrogen (secondary N) is 2. The molecule has 194 valence electrons. The van der Waals surface area contributed by atoms with Crippen LogP contribution in [0, 0.1) is 0 Å². The summed E-state index contributed by atoms with van der Waals surface area (Å²) < 4.78 is 32.0. The first-order valence-electron chi connectivity index (χ1n) is 12.6. The van der Waals surface area contributed by atoms with Crippen LogP contribution in [0.5, 0.6) is 0 Å². The molecule has 8 nitrogen and oxygen atoms in total. The maximum atomic E-state index is 12.7. The molecule has 0 spiro atoms. The Balaban J connectivity index is 1.61. The summed E-state index contributed by atoms with van der Waals surface area (Å²) in [6, 6.07) is 12.3. The number of aromatic amines is 1. The van der Waals surface area contributed by atoms with Gasteiger partial charge in [-0.05, 0) is 72.2 Å². The number of primary amides is 1. The molecule has 0 radical (unpaired) electrons. The molecule has 36 heavy (non-hydrogen) atoms. The molecular formula is C27H36N4O4S. The summed E-state index contributed by atoms with van der Waals surface area (Å²) in [5.74, 6) is -0.173. The summed E-state index contributed by atoms with van der Waals surface area (Å²) in [6.45, 7) is 5.15. The first kappa shape index (κ1) is 26.3. The smallest absolute Gasteiger partial charge is 0.250 e. The minimum atomic E-state index is -3.28. The summed E-state index contributed by atoms with van der Waals surface area (Å²) >= 11 is 0. The van der Waals surface area contributed by atoms with Gasteiger partial charge in [-0.2, -0.15) is 0 Å². The minimum absolute atomic E-state index is 0.108. The molecule has 1 saturated heterocycles. The van der Waals surface area contributed by atoms with Crippen molar-refractivity contribution < 1.29 is 17.9 Å². The number of nitrogens with two attached hydrogens (primary N) is 1. The number of benzene rings is 2. The van der Waals surface area contributed by atoms with Crippen molar-refractivity contribution in [2.75, 3.05) is 39.1 Å². The lowest BCUT2D eigenvalue weighted by molar-refractivity contribution is 0.100. The van der Waals surface area contributed by atoms with Gasteiger partial charge in [0.25, 0.3) is 5.91 Å². The molecular weight excluding hydrogens is 476 g/mol. The lowest BCUT2D eigenvalue weighted by Gasteiger charge is -2.31. The Bertz CT molecular complexity index is 1310. The van der Waals surface area contributed by atoms with Crippen molar-refractivity contribution in [1.29, 1.82) is 0 Å². The average Bonchev–Trinajstić information content (AvgIpc) is 3.31. The first-order valence-corrected chi connectivity index (χ1v) is 14.2. The number of methoxy groups -OCH3 is 1. The number of H-pyrrole nitrogens is 1. The molecule has 1 aliphatic heterocycles. The molecule has 2 heterocycles. The highest BCUT2D eigenvalue weighted by atomic mass is 32.2. The van der Waals surface area contributed by atoms with Crippen LogP contribution in [0.25, 0.3) is 22.0 Å². The molecule has 0 aliphatic carbocycles. The molecule has 1 fully saturated rings. The van der Waals surface area contributed by atoms with Crippen LogP contribution < -0.4 is 11.1 Å². The minimum Gasteiger partial charge on any atom is -0.385 e. The first-order chi connectivity index (χ1) is 17.3. The topological polar surface area (TPSA) is 118 Å². The van der Waals surface area contributed by atoms with Crippen LogP contribution in [0.1, 0.15) is 53.6 Å². The molecule has 9 heteroatoms. The van der Waals surface area contributed by atoms with E-state index < -0.39 is 15.9 Å². The Hall–Kier alpha value is -2.72. The summed E-state index contributed by atoms with van der Waals surface area (Å²) in [5, 5.41) is 4.32. The van der Waals surface area contributed by atoms with Crippen LogP contribution in [0.2, 0.25) is 0 Å². The number of piperidine rings is 1. The Labute approximate surface area is 213 Å². The molecule has 0 saturated carbocycles. The van der Waals surface area contributed by atoms with E-state index in [1.807, 2.05) is 24.4 Å². The van der Waals surface area contributed by atoms with Crippen LogP contribution in [0.15, 0.2) is 42.6 Å². The largest absolute Gasteiger partial charge is 0.385 e. The number of nitrogens with zero attached hydrogens (tertiary/aromatic N) is 1. The van der Waals surface area contributed by atoms with E-state index in [-0.39, 0.29) is 11.7 Å². The number of rotatable bonds is 11. The van der Waals surface area contributed by atoms with Crippen molar-refractivity contribution in [2.24, 2.45) is 5.73 Å². The molecule has 0 atom stereocenters. The van der Waals surface area contributed by atoms with Gasteiger partial charge < -0.3 is 20.8 Å². The number of ether oxygens (including phenoxy) is 1. The van der Waals surface area contributed by atoms with E-state index in [0.717, 1.165) is 53.5 Å². The molecule has 0 bridgehead atoms. The van der Waals surface area contributed by atoms with Crippen molar-refractivity contribution in [3.05, 3.63) is 59.3 Å². The predicted octanol–water partition coefficient (Wildman–Crippen LogP) is 3.59. The zero-order valence-electron chi connectivity index (χ0n) is 21.0. The Morgan fingerprint density at radius 3 is 2.67 bits per heavy atom. The number of amides is 1. The van der Waals surface area contributed by atoms with Crippen molar-refractivity contribution >= 4 is 26.8 Å². The van der Waals surface area contributed by atoms with E-state index in [4.69, 9.17) is 10.5 Å². The van der Waals surface area contributed by atoms with E-state index in [2.05, 4.69) is 35.4 Å². The molecule has 1 amide bonds. The third-order valence-corrected chi connectivity index (χ3v) is 8.92. The SMILES string of the molecule is CCNCc1cccc(-c2cc(C(N)=O)c3[nH]cc(C4CCN(S(=O)(=O)CCCOC)CC4)c3c2)c1. The Kier molecular flexibility index (Phi) is 8.46. The van der Waals surface area contributed by atoms with Crippen LogP contribution >= 0.6 is 0 Å². The lowest BCUT2D eigenvalue weighted by atomic mass is 9.88. The maximum Gasteiger partial charge on any atom is 0.250 e. The lowest BCUT2D eigenvalue weighted by Crippen LogP contribution is -2.39. The summed E-state index contributed by atoms with van der Waals surface area (Å²) in [4.78, 5) is 15.6. The molecule has 4 rings (SSSR count). The second kappa shape index (κ2) is 11.6. The second-order valence-corrected chi connectivity index (χ2v) is 11.5. The number of hydrogen-bond donors (Lipinski definition) is 3. The molecule has 1 aromatic heterocycles. The van der Waals surface area contributed by atoms with Gasteiger partial charge in [-0.1, -0.05) is 25.1 Å². The van der Waals surface area contributed by atoms with Gasteiger partial charge in [-0.25, -0.2) is 12.7 Å². The number of hydrogen-bond acceptors (Lipinski definition) is 5.